The standard InChI is InChI=1S/C10H7N3OS2/c11-10-12-8(14)7-5(4-16-9(7)13-10)6-2-1-3-15-6/h1-4H,(H3,11,12,13,14). The lowest BCUT2D eigenvalue weighted by Gasteiger charge is -1.95. The van der Waals surface area contributed by atoms with E-state index in [0.717, 1.165) is 10.4 Å². The fourth-order valence-corrected chi connectivity index (χ4v) is 3.35. The third-order valence-electron chi connectivity index (χ3n) is 2.25. The van der Waals surface area contributed by atoms with Crippen LogP contribution in [-0.2, 0) is 0 Å². The second-order valence-corrected chi connectivity index (χ2v) is 5.06. The van der Waals surface area contributed by atoms with Crippen LogP contribution in [0.15, 0.2) is 27.7 Å². The number of nitrogens with zero attached hydrogens (tertiary/aromatic N) is 1. The molecule has 0 aliphatic heterocycles. The molecule has 0 saturated heterocycles. The molecule has 0 aliphatic rings. The molecule has 0 unspecified atom stereocenters. The number of anilines is 1. The van der Waals surface area contributed by atoms with Gasteiger partial charge in [0, 0.05) is 15.8 Å². The summed E-state index contributed by atoms with van der Waals surface area (Å²) in [6.45, 7) is 0. The van der Waals surface area contributed by atoms with Crippen LogP contribution in [0.5, 0.6) is 0 Å². The van der Waals surface area contributed by atoms with Gasteiger partial charge in [-0.15, -0.1) is 22.7 Å². The van der Waals surface area contributed by atoms with Crippen molar-refractivity contribution in [2.45, 2.75) is 0 Å². The summed E-state index contributed by atoms with van der Waals surface area (Å²) in [5.74, 6) is 0.164. The highest BCUT2D eigenvalue weighted by Gasteiger charge is 2.12. The fourth-order valence-electron chi connectivity index (χ4n) is 1.58. The molecule has 3 aromatic rings. The lowest BCUT2D eigenvalue weighted by atomic mass is 10.2. The van der Waals surface area contributed by atoms with Crippen molar-refractivity contribution in [1.29, 1.82) is 0 Å². The summed E-state index contributed by atoms with van der Waals surface area (Å²) >= 11 is 3.04. The van der Waals surface area contributed by atoms with Gasteiger partial charge >= 0.3 is 0 Å². The molecule has 6 heteroatoms. The smallest absolute Gasteiger partial charge is 0.261 e. The molecule has 0 aliphatic carbocycles. The third kappa shape index (κ3) is 1.35. The zero-order valence-electron chi connectivity index (χ0n) is 8.06. The zero-order chi connectivity index (χ0) is 11.1. The van der Waals surface area contributed by atoms with Crippen LogP contribution in [0.2, 0.25) is 0 Å². The molecule has 3 aromatic heterocycles. The number of nitrogen functional groups attached to an aromatic ring is 1. The van der Waals surface area contributed by atoms with Gasteiger partial charge in [0.2, 0.25) is 5.95 Å². The largest absolute Gasteiger partial charge is 0.369 e. The summed E-state index contributed by atoms with van der Waals surface area (Å²) in [5.41, 5.74) is 6.26. The van der Waals surface area contributed by atoms with Crippen molar-refractivity contribution in [3.8, 4) is 10.4 Å². The Morgan fingerprint density at radius 2 is 2.25 bits per heavy atom. The van der Waals surface area contributed by atoms with Crippen LogP contribution in [-0.4, -0.2) is 9.97 Å². The minimum Gasteiger partial charge on any atom is -0.369 e. The third-order valence-corrected chi connectivity index (χ3v) is 4.02. The number of nitrogens with one attached hydrogen (secondary N) is 1. The predicted molar refractivity (Wildman–Crippen MR) is 68.0 cm³/mol. The average Bonchev–Trinajstić information content (AvgIpc) is 2.82. The Bertz CT molecular complexity index is 696. The van der Waals surface area contributed by atoms with Gasteiger partial charge in [-0.3, -0.25) is 9.78 Å². The monoisotopic (exact) mass is 249 g/mol. The zero-order valence-corrected chi connectivity index (χ0v) is 9.69. The number of hydrogen-bond acceptors (Lipinski definition) is 5. The van der Waals surface area contributed by atoms with E-state index in [9.17, 15) is 4.79 Å². The molecule has 0 radical (unpaired) electrons. The SMILES string of the molecule is Nc1nc2scc(-c3cccs3)c2c(=O)[nH]1. The molecular formula is C10H7N3OS2. The van der Waals surface area contributed by atoms with Crippen molar-refractivity contribution in [3.63, 3.8) is 0 Å². The number of hydrogen-bond donors (Lipinski definition) is 2. The van der Waals surface area contributed by atoms with Gasteiger partial charge in [-0.1, -0.05) is 6.07 Å². The van der Waals surface area contributed by atoms with Crippen molar-refractivity contribution in [2.75, 3.05) is 5.73 Å². The molecule has 3 N–H and O–H groups in total. The molecule has 3 rings (SSSR count). The van der Waals surface area contributed by atoms with E-state index in [0.29, 0.717) is 10.2 Å². The maximum absolute atomic E-state index is 11.8. The second-order valence-electron chi connectivity index (χ2n) is 3.26. The van der Waals surface area contributed by atoms with Gasteiger partial charge in [-0.25, -0.2) is 4.98 Å². The number of fused-ring (bicyclic) bond motifs is 1. The molecule has 80 valence electrons. The van der Waals surface area contributed by atoms with E-state index in [-0.39, 0.29) is 11.5 Å². The van der Waals surface area contributed by atoms with Crippen molar-refractivity contribution in [2.24, 2.45) is 0 Å². The molecule has 0 amide bonds. The van der Waals surface area contributed by atoms with Gasteiger partial charge in [-0.05, 0) is 11.4 Å². The van der Waals surface area contributed by atoms with E-state index in [4.69, 9.17) is 5.73 Å². The molecule has 16 heavy (non-hydrogen) atoms. The maximum Gasteiger partial charge on any atom is 0.261 e. The molecule has 0 saturated carbocycles. The Balaban J connectivity index is 2.41. The first-order valence-electron chi connectivity index (χ1n) is 4.56. The average molecular weight is 249 g/mol. The lowest BCUT2D eigenvalue weighted by Crippen LogP contribution is -2.10. The number of aromatic amines is 1. The number of rotatable bonds is 1. The van der Waals surface area contributed by atoms with Crippen LogP contribution < -0.4 is 11.3 Å². The van der Waals surface area contributed by atoms with Crippen LogP contribution >= 0.6 is 22.7 Å². The van der Waals surface area contributed by atoms with E-state index >= 15 is 0 Å². The summed E-state index contributed by atoms with van der Waals surface area (Å²) in [5, 5.41) is 4.55. The van der Waals surface area contributed by atoms with Crippen molar-refractivity contribution >= 4 is 38.8 Å². The first kappa shape index (κ1) is 9.56. The van der Waals surface area contributed by atoms with Gasteiger partial charge in [-0.2, -0.15) is 0 Å². The highest BCUT2D eigenvalue weighted by molar-refractivity contribution is 7.18. The van der Waals surface area contributed by atoms with Gasteiger partial charge in [0.25, 0.3) is 5.56 Å². The lowest BCUT2D eigenvalue weighted by molar-refractivity contribution is 1.20. The van der Waals surface area contributed by atoms with E-state index in [1.165, 1.54) is 11.3 Å². The van der Waals surface area contributed by atoms with Crippen LogP contribution in [0, 0.1) is 0 Å². The van der Waals surface area contributed by atoms with Crippen LogP contribution in [0.25, 0.3) is 20.7 Å². The van der Waals surface area contributed by atoms with Crippen LogP contribution in [0.3, 0.4) is 0 Å². The fraction of sp³-hybridized carbons (Fsp3) is 0. The van der Waals surface area contributed by atoms with Gasteiger partial charge in [0.1, 0.15) is 4.83 Å². The molecule has 0 bridgehead atoms. The highest BCUT2D eigenvalue weighted by atomic mass is 32.1. The Hall–Kier alpha value is -1.66. The summed E-state index contributed by atoms with van der Waals surface area (Å²) in [4.78, 5) is 20.2. The molecule has 0 spiro atoms. The molecule has 0 aromatic carbocycles. The van der Waals surface area contributed by atoms with Gasteiger partial charge in [0.05, 0.1) is 5.39 Å². The number of H-pyrrole nitrogens is 1. The van der Waals surface area contributed by atoms with Crippen LogP contribution in [0.1, 0.15) is 0 Å². The summed E-state index contributed by atoms with van der Waals surface area (Å²) in [6, 6.07) is 3.95. The Morgan fingerprint density at radius 1 is 1.38 bits per heavy atom. The molecule has 0 atom stereocenters. The summed E-state index contributed by atoms with van der Waals surface area (Å²) < 4.78 is 0. The summed E-state index contributed by atoms with van der Waals surface area (Å²) in [7, 11) is 0. The topological polar surface area (TPSA) is 71.8 Å². The number of thiophene rings is 2. The second kappa shape index (κ2) is 3.43. The molecular weight excluding hydrogens is 242 g/mol. The molecule has 3 heterocycles. The minimum atomic E-state index is -0.174. The quantitative estimate of drug-likeness (QED) is 0.695. The molecule has 0 fully saturated rings. The van der Waals surface area contributed by atoms with E-state index in [2.05, 4.69) is 9.97 Å². The predicted octanol–water partition coefficient (Wildman–Crippen LogP) is 2.30. The van der Waals surface area contributed by atoms with Crippen molar-refractivity contribution in [1.82, 2.24) is 9.97 Å². The Morgan fingerprint density at radius 3 is 3.00 bits per heavy atom. The van der Waals surface area contributed by atoms with Crippen LogP contribution in [0.4, 0.5) is 5.95 Å². The van der Waals surface area contributed by atoms with Gasteiger partial charge < -0.3 is 5.73 Å². The molecule has 4 nitrogen and oxygen atoms in total. The van der Waals surface area contributed by atoms with E-state index in [1.54, 1.807) is 11.3 Å². The minimum absolute atomic E-state index is 0.164. The maximum atomic E-state index is 11.8. The highest BCUT2D eigenvalue weighted by Crippen LogP contribution is 2.33. The summed E-state index contributed by atoms with van der Waals surface area (Å²) in [6.07, 6.45) is 0. The number of nitrogens with two attached hydrogens (primary N) is 1. The van der Waals surface area contributed by atoms with Crippen molar-refractivity contribution < 1.29 is 0 Å². The number of aromatic nitrogens is 2. The Labute approximate surface area is 98.4 Å². The Kier molecular flexibility index (Phi) is 2.05. The van der Waals surface area contributed by atoms with E-state index in [1.807, 2.05) is 22.9 Å². The van der Waals surface area contributed by atoms with Crippen molar-refractivity contribution in [3.05, 3.63) is 33.2 Å². The van der Waals surface area contributed by atoms with Gasteiger partial charge in [0.15, 0.2) is 0 Å². The first-order valence-corrected chi connectivity index (χ1v) is 6.32. The first-order chi connectivity index (χ1) is 7.75. The normalized spacial score (nSPS) is 11.0. The van der Waals surface area contributed by atoms with E-state index < -0.39 is 0 Å².